The van der Waals surface area contributed by atoms with Crippen LogP contribution in [0.15, 0.2) is 24.3 Å². The molecule has 1 aromatic carbocycles. The summed E-state index contributed by atoms with van der Waals surface area (Å²) in [6.07, 6.45) is 2.42. The number of rotatable bonds is 3. The third kappa shape index (κ3) is 3.73. The minimum absolute atomic E-state index is 0.177. The summed E-state index contributed by atoms with van der Waals surface area (Å²) < 4.78 is 5.29. The van der Waals surface area contributed by atoms with Crippen molar-refractivity contribution in [1.29, 1.82) is 0 Å². The maximum atomic E-state index is 11.9. The molecular formula is C19H29N3O2. The molecule has 2 aliphatic rings. The molecular weight excluding hydrogens is 302 g/mol. The van der Waals surface area contributed by atoms with Crippen LogP contribution in [0.25, 0.3) is 0 Å². The summed E-state index contributed by atoms with van der Waals surface area (Å²) in [5.41, 5.74) is 1.28. The Morgan fingerprint density at radius 2 is 1.75 bits per heavy atom. The lowest BCUT2D eigenvalue weighted by molar-refractivity contribution is -0.132. The predicted octanol–water partition coefficient (Wildman–Crippen LogP) is 1.99. The van der Waals surface area contributed by atoms with Crippen molar-refractivity contribution in [1.82, 2.24) is 14.7 Å². The summed E-state index contributed by atoms with van der Waals surface area (Å²) in [4.78, 5) is 18.9. The molecule has 0 saturated carbocycles. The number of carbonyl (C=O) groups is 1. The molecule has 3 rings (SSSR count). The van der Waals surface area contributed by atoms with Crippen molar-refractivity contribution in [2.24, 2.45) is 0 Å². The third-order valence-electron chi connectivity index (χ3n) is 5.52. The molecule has 5 nitrogen and oxygen atoms in total. The number of ether oxygens (including phenoxy) is 1. The fourth-order valence-corrected chi connectivity index (χ4v) is 3.97. The highest BCUT2D eigenvalue weighted by atomic mass is 16.5. The van der Waals surface area contributed by atoms with Gasteiger partial charge in [0.2, 0.25) is 5.91 Å². The molecule has 1 atom stereocenters. The first-order chi connectivity index (χ1) is 11.6. The van der Waals surface area contributed by atoms with Crippen LogP contribution in [0.4, 0.5) is 0 Å². The van der Waals surface area contributed by atoms with Gasteiger partial charge < -0.3 is 14.5 Å². The van der Waals surface area contributed by atoms with E-state index in [9.17, 15) is 4.79 Å². The zero-order valence-electron chi connectivity index (χ0n) is 15.1. The molecule has 1 amide bonds. The normalized spacial score (nSPS) is 24.1. The highest BCUT2D eigenvalue weighted by Gasteiger charge is 2.34. The lowest BCUT2D eigenvalue weighted by atomic mass is 9.95. The van der Waals surface area contributed by atoms with Gasteiger partial charge in [0.15, 0.2) is 0 Å². The van der Waals surface area contributed by atoms with Crippen LogP contribution in [0.3, 0.4) is 0 Å². The second kappa shape index (κ2) is 7.53. The number of hydrogen-bond donors (Lipinski definition) is 0. The summed E-state index contributed by atoms with van der Waals surface area (Å²) in [6, 6.07) is 9.23. The van der Waals surface area contributed by atoms with Crippen molar-refractivity contribution >= 4 is 5.91 Å². The van der Waals surface area contributed by atoms with Crippen molar-refractivity contribution in [2.45, 2.75) is 31.8 Å². The van der Waals surface area contributed by atoms with E-state index < -0.39 is 0 Å². The van der Waals surface area contributed by atoms with E-state index in [-0.39, 0.29) is 11.9 Å². The van der Waals surface area contributed by atoms with Gasteiger partial charge in [0.25, 0.3) is 0 Å². The summed E-state index contributed by atoms with van der Waals surface area (Å²) in [5.74, 6) is 1.06. The van der Waals surface area contributed by atoms with Crippen LogP contribution in [0.2, 0.25) is 0 Å². The Balaban J connectivity index is 1.81. The highest BCUT2D eigenvalue weighted by Crippen LogP contribution is 2.31. The van der Waals surface area contributed by atoms with Crippen LogP contribution in [0, 0.1) is 0 Å². The van der Waals surface area contributed by atoms with Crippen molar-refractivity contribution < 1.29 is 9.53 Å². The minimum Gasteiger partial charge on any atom is -0.497 e. The molecule has 0 bridgehead atoms. The lowest BCUT2D eigenvalue weighted by Crippen LogP contribution is -2.55. The van der Waals surface area contributed by atoms with Crippen LogP contribution in [-0.4, -0.2) is 73.5 Å². The zero-order valence-corrected chi connectivity index (χ0v) is 15.1. The molecule has 1 unspecified atom stereocenters. The minimum atomic E-state index is 0.177. The number of carbonyl (C=O) groups excluding carboxylic acids is 1. The number of benzene rings is 1. The summed E-state index contributed by atoms with van der Waals surface area (Å²) in [5, 5.41) is 0. The van der Waals surface area contributed by atoms with Gasteiger partial charge in [0, 0.05) is 32.6 Å². The Kier molecular flexibility index (Phi) is 5.41. The molecule has 0 radical (unpaired) electrons. The number of piperazine rings is 1. The molecule has 0 spiro atoms. The van der Waals surface area contributed by atoms with E-state index in [4.69, 9.17) is 4.74 Å². The van der Waals surface area contributed by atoms with E-state index in [0.29, 0.717) is 6.04 Å². The smallest absolute Gasteiger partial charge is 0.219 e. The Labute approximate surface area is 145 Å². The Morgan fingerprint density at radius 1 is 1.08 bits per heavy atom. The number of methoxy groups -OCH3 is 1. The van der Waals surface area contributed by atoms with Gasteiger partial charge in [-0.2, -0.15) is 0 Å². The molecule has 0 aromatic heterocycles. The van der Waals surface area contributed by atoms with E-state index in [0.717, 1.165) is 38.5 Å². The number of piperidine rings is 1. The first-order valence-corrected chi connectivity index (χ1v) is 8.92. The third-order valence-corrected chi connectivity index (χ3v) is 5.52. The number of nitrogens with zero attached hydrogens (tertiary/aromatic N) is 3. The second-order valence-electron chi connectivity index (χ2n) is 7.03. The highest BCUT2D eigenvalue weighted by molar-refractivity contribution is 5.73. The topological polar surface area (TPSA) is 36.0 Å². The van der Waals surface area contributed by atoms with Gasteiger partial charge in [0.05, 0.1) is 13.2 Å². The standard InChI is InChI=1S/C19H29N3O2/c1-15(23)21-12-13-22(17-8-10-20(2)11-9-17)19(14-21)16-4-6-18(24-3)7-5-16/h4-7,17,19H,8-14H2,1-3H3. The van der Waals surface area contributed by atoms with Crippen molar-refractivity contribution in [2.75, 3.05) is 46.9 Å². The van der Waals surface area contributed by atoms with Gasteiger partial charge in [0.1, 0.15) is 5.75 Å². The first-order valence-electron chi connectivity index (χ1n) is 8.92. The van der Waals surface area contributed by atoms with E-state index in [1.54, 1.807) is 14.0 Å². The fraction of sp³-hybridized carbons (Fsp3) is 0.632. The van der Waals surface area contributed by atoms with Gasteiger partial charge >= 0.3 is 0 Å². The number of likely N-dealkylation sites (tertiary alicyclic amines) is 1. The SMILES string of the molecule is COc1ccc(C2CN(C(C)=O)CCN2C2CCN(C)CC2)cc1. The molecule has 24 heavy (non-hydrogen) atoms. The molecule has 2 fully saturated rings. The molecule has 2 saturated heterocycles. The monoisotopic (exact) mass is 331 g/mol. The number of hydrogen-bond acceptors (Lipinski definition) is 4. The molecule has 0 N–H and O–H groups in total. The molecule has 2 aliphatic heterocycles. The lowest BCUT2D eigenvalue weighted by Gasteiger charge is -2.47. The van der Waals surface area contributed by atoms with Crippen molar-refractivity contribution in [3.63, 3.8) is 0 Å². The van der Waals surface area contributed by atoms with Gasteiger partial charge in [-0.15, -0.1) is 0 Å². The van der Waals surface area contributed by atoms with E-state index in [2.05, 4.69) is 29.0 Å². The van der Waals surface area contributed by atoms with Gasteiger partial charge in [-0.3, -0.25) is 9.69 Å². The van der Waals surface area contributed by atoms with Crippen molar-refractivity contribution in [3.8, 4) is 5.75 Å². The Bertz CT molecular complexity index is 552. The van der Waals surface area contributed by atoms with Gasteiger partial charge in [-0.05, 0) is 50.7 Å². The van der Waals surface area contributed by atoms with E-state index in [1.165, 1.54) is 18.4 Å². The Morgan fingerprint density at radius 3 is 2.33 bits per heavy atom. The quantitative estimate of drug-likeness (QED) is 0.849. The van der Waals surface area contributed by atoms with Crippen LogP contribution in [-0.2, 0) is 4.79 Å². The van der Waals surface area contributed by atoms with E-state index in [1.807, 2.05) is 17.0 Å². The average molecular weight is 331 g/mol. The largest absolute Gasteiger partial charge is 0.497 e. The summed E-state index contributed by atoms with van der Waals surface area (Å²) in [6.45, 7) is 6.59. The maximum Gasteiger partial charge on any atom is 0.219 e. The Hall–Kier alpha value is -1.59. The van der Waals surface area contributed by atoms with Gasteiger partial charge in [-0.25, -0.2) is 0 Å². The molecule has 1 aromatic rings. The van der Waals surface area contributed by atoms with Crippen LogP contribution in [0.5, 0.6) is 5.75 Å². The van der Waals surface area contributed by atoms with Crippen LogP contribution < -0.4 is 4.74 Å². The van der Waals surface area contributed by atoms with Crippen LogP contribution in [0.1, 0.15) is 31.4 Å². The van der Waals surface area contributed by atoms with Crippen LogP contribution >= 0.6 is 0 Å². The average Bonchev–Trinajstić information content (AvgIpc) is 2.62. The van der Waals surface area contributed by atoms with E-state index >= 15 is 0 Å². The maximum absolute atomic E-state index is 11.9. The molecule has 0 aliphatic carbocycles. The van der Waals surface area contributed by atoms with Crippen molar-refractivity contribution in [3.05, 3.63) is 29.8 Å². The second-order valence-corrected chi connectivity index (χ2v) is 7.03. The predicted molar refractivity (Wildman–Crippen MR) is 95.2 cm³/mol. The summed E-state index contributed by atoms with van der Waals surface area (Å²) in [7, 11) is 3.89. The zero-order chi connectivity index (χ0) is 17.1. The fourth-order valence-electron chi connectivity index (χ4n) is 3.97. The first kappa shape index (κ1) is 17.2. The molecule has 132 valence electrons. The van der Waals surface area contributed by atoms with Gasteiger partial charge in [-0.1, -0.05) is 12.1 Å². The molecule has 2 heterocycles. The molecule has 5 heteroatoms. The number of amides is 1. The summed E-state index contributed by atoms with van der Waals surface area (Å²) >= 11 is 0.